The van der Waals surface area contributed by atoms with Crippen molar-refractivity contribution >= 4 is 5.91 Å². The molecule has 2 heterocycles. The predicted octanol–water partition coefficient (Wildman–Crippen LogP) is 4.04. The Morgan fingerprint density at radius 2 is 1.93 bits per heavy atom. The average molecular weight is 389 g/mol. The molecule has 1 amide bonds. The number of nitrogens with two attached hydrogens (primary N) is 1. The normalized spacial score (nSPS) is 21.3. The highest BCUT2D eigenvalue weighted by Gasteiger charge is 2.34. The van der Waals surface area contributed by atoms with Gasteiger partial charge in [-0.25, -0.2) is 0 Å². The van der Waals surface area contributed by atoms with Crippen LogP contribution in [-0.4, -0.2) is 34.7 Å². The van der Waals surface area contributed by atoms with Crippen molar-refractivity contribution in [1.29, 1.82) is 0 Å². The fourth-order valence-corrected chi connectivity index (χ4v) is 3.28. The first-order valence-electron chi connectivity index (χ1n) is 9.60. The number of nitrogens with zero attached hydrogens (tertiary/aromatic N) is 2. The lowest BCUT2D eigenvalue weighted by molar-refractivity contribution is -0.274. The summed E-state index contributed by atoms with van der Waals surface area (Å²) >= 11 is 0. The monoisotopic (exact) mass is 389 g/mol. The minimum absolute atomic E-state index is 0.0331. The van der Waals surface area contributed by atoms with E-state index in [-0.39, 0.29) is 30.2 Å². The van der Waals surface area contributed by atoms with Gasteiger partial charge in [0, 0.05) is 37.2 Å². The molecule has 1 fully saturated rings. The van der Waals surface area contributed by atoms with Gasteiger partial charge in [-0.1, -0.05) is 27.7 Å². The number of pyridine rings is 1. The molecule has 1 aliphatic heterocycles. The number of hydrogen-bond acceptors (Lipinski definition) is 4. The Morgan fingerprint density at radius 1 is 1.26 bits per heavy atom. The van der Waals surface area contributed by atoms with E-state index >= 15 is 0 Å². The van der Waals surface area contributed by atoms with Crippen LogP contribution in [0.4, 0.5) is 13.2 Å². The van der Waals surface area contributed by atoms with Crippen LogP contribution in [0.2, 0.25) is 0 Å². The fraction of sp³-hybridized carbons (Fsp3) is 0.684. The smallest absolute Gasteiger partial charge is 0.404 e. The molecule has 0 bridgehead atoms. The zero-order valence-corrected chi connectivity index (χ0v) is 16.5. The molecule has 2 atom stereocenters. The first kappa shape index (κ1) is 23.2. The predicted molar refractivity (Wildman–Crippen MR) is 98.1 cm³/mol. The van der Waals surface area contributed by atoms with Gasteiger partial charge in [0.1, 0.15) is 5.75 Å². The van der Waals surface area contributed by atoms with Crippen molar-refractivity contribution in [2.75, 3.05) is 6.54 Å². The van der Waals surface area contributed by atoms with Crippen molar-refractivity contribution in [3.05, 3.63) is 23.5 Å². The maximum Gasteiger partial charge on any atom is 0.573 e. The summed E-state index contributed by atoms with van der Waals surface area (Å²) in [5.74, 6) is -0.395. The second-order valence-electron chi connectivity index (χ2n) is 6.10. The number of alkyl halides is 3. The molecule has 2 unspecified atom stereocenters. The molecular formula is C19H30F3N3O2. The molecule has 2 aliphatic rings. The van der Waals surface area contributed by atoms with Gasteiger partial charge in [-0.05, 0) is 30.9 Å². The summed E-state index contributed by atoms with van der Waals surface area (Å²) in [6.45, 7) is 8.80. The van der Waals surface area contributed by atoms with Crippen molar-refractivity contribution in [2.24, 2.45) is 11.7 Å². The molecule has 1 saturated carbocycles. The number of ether oxygens (including phenoxy) is 1. The molecular weight excluding hydrogens is 359 g/mol. The summed E-state index contributed by atoms with van der Waals surface area (Å²) in [6.07, 6.45) is -0.853. The van der Waals surface area contributed by atoms with Gasteiger partial charge in [0.05, 0.1) is 6.20 Å². The molecule has 3 rings (SSSR count). The standard InChI is InChI=1S/C15H18F3N3O2.2C2H6/c16-15(17,18)23-12-6-10-8-21(4-3-13(10)20-7-12)14(22)9-1-2-11(19)5-9;2*1-2/h6-7,9,11H,1-5,8,19H2;2*1-2H3. The number of carbonyl (C=O) groups is 1. The summed E-state index contributed by atoms with van der Waals surface area (Å²) in [6, 6.07) is 1.38. The van der Waals surface area contributed by atoms with Crippen molar-refractivity contribution < 1.29 is 22.7 Å². The lowest BCUT2D eigenvalue weighted by Gasteiger charge is -2.30. The molecule has 0 saturated heterocycles. The van der Waals surface area contributed by atoms with Gasteiger partial charge < -0.3 is 15.4 Å². The molecule has 1 aromatic rings. The molecule has 0 spiro atoms. The van der Waals surface area contributed by atoms with Gasteiger partial charge in [-0.3, -0.25) is 9.78 Å². The third-order valence-electron chi connectivity index (χ3n) is 4.38. The number of aromatic nitrogens is 1. The minimum Gasteiger partial charge on any atom is -0.404 e. The number of carbonyl (C=O) groups excluding carboxylic acids is 1. The van der Waals surface area contributed by atoms with Crippen LogP contribution >= 0.6 is 0 Å². The SMILES string of the molecule is CC.CC.NC1CCC(C(=O)N2CCc3ncc(OC(F)(F)F)cc3C2)C1. The number of rotatable bonds is 2. The second-order valence-corrected chi connectivity index (χ2v) is 6.10. The third kappa shape index (κ3) is 6.68. The highest BCUT2D eigenvalue weighted by atomic mass is 19.4. The fourth-order valence-electron chi connectivity index (χ4n) is 3.28. The number of fused-ring (bicyclic) bond motifs is 1. The van der Waals surface area contributed by atoms with Crippen LogP contribution in [0, 0.1) is 5.92 Å². The Balaban J connectivity index is 0.000000855. The molecule has 0 aromatic carbocycles. The van der Waals surface area contributed by atoms with E-state index in [2.05, 4.69) is 9.72 Å². The van der Waals surface area contributed by atoms with Crippen LogP contribution in [0.25, 0.3) is 0 Å². The molecule has 154 valence electrons. The Labute approximate surface area is 159 Å². The van der Waals surface area contributed by atoms with Crippen LogP contribution in [0.5, 0.6) is 5.75 Å². The van der Waals surface area contributed by atoms with Gasteiger partial charge in [-0.15, -0.1) is 13.2 Å². The minimum atomic E-state index is -4.75. The van der Waals surface area contributed by atoms with E-state index in [1.165, 1.54) is 6.07 Å². The van der Waals surface area contributed by atoms with E-state index in [1.807, 2.05) is 27.7 Å². The molecule has 1 aliphatic carbocycles. The van der Waals surface area contributed by atoms with E-state index in [0.29, 0.717) is 30.6 Å². The number of hydrogen-bond donors (Lipinski definition) is 1. The Hall–Kier alpha value is -1.83. The summed E-state index contributed by atoms with van der Waals surface area (Å²) in [5.41, 5.74) is 7.16. The first-order chi connectivity index (χ1) is 12.8. The molecule has 8 heteroatoms. The zero-order valence-electron chi connectivity index (χ0n) is 16.5. The topological polar surface area (TPSA) is 68.5 Å². The Bertz CT molecular complexity index is 608. The summed E-state index contributed by atoms with van der Waals surface area (Å²) in [4.78, 5) is 18.2. The van der Waals surface area contributed by atoms with Gasteiger partial charge in [-0.2, -0.15) is 0 Å². The maximum atomic E-state index is 12.5. The van der Waals surface area contributed by atoms with Gasteiger partial charge in [0.2, 0.25) is 5.91 Å². The summed E-state index contributed by atoms with van der Waals surface area (Å²) in [5, 5.41) is 0. The Morgan fingerprint density at radius 3 is 2.48 bits per heavy atom. The molecule has 27 heavy (non-hydrogen) atoms. The van der Waals surface area contributed by atoms with Gasteiger partial charge >= 0.3 is 6.36 Å². The third-order valence-corrected chi connectivity index (χ3v) is 4.38. The molecule has 5 nitrogen and oxygen atoms in total. The second kappa shape index (κ2) is 10.5. The van der Waals surface area contributed by atoms with Crippen LogP contribution in [0.15, 0.2) is 12.3 Å². The van der Waals surface area contributed by atoms with Crippen molar-refractivity contribution in [3.8, 4) is 5.75 Å². The van der Waals surface area contributed by atoms with Crippen molar-refractivity contribution in [2.45, 2.75) is 72.3 Å². The van der Waals surface area contributed by atoms with Gasteiger partial charge in [0.15, 0.2) is 0 Å². The van der Waals surface area contributed by atoms with Crippen LogP contribution < -0.4 is 10.5 Å². The summed E-state index contributed by atoms with van der Waals surface area (Å²) in [7, 11) is 0. The van der Waals surface area contributed by atoms with E-state index in [4.69, 9.17) is 5.73 Å². The lowest BCUT2D eigenvalue weighted by Crippen LogP contribution is -2.39. The van der Waals surface area contributed by atoms with Crippen LogP contribution in [-0.2, 0) is 17.8 Å². The molecule has 2 N–H and O–H groups in total. The quantitative estimate of drug-likeness (QED) is 0.829. The van der Waals surface area contributed by atoms with E-state index in [9.17, 15) is 18.0 Å². The van der Waals surface area contributed by atoms with E-state index < -0.39 is 6.36 Å². The van der Waals surface area contributed by atoms with E-state index in [0.717, 1.165) is 19.0 Å². The zero-order chi connectivity index (χ0) is 20.6. The maximum absolute atomic E-state index is 12.5. The average Bonchev–Trinajstić information content (AvgIpc) is 3.09. The highest BCUT2D eigenvalue weighted by Crippen LogP contribution is 2.30. The first-order valence-corrected chi connectivity index (χ1v) is 9.60. The number of halogens is 3. The van der Waals surface area contributed by atoms with Crippen molar-refractivity contribution in [3.63, 3.8) is 0 Å². The summed E-state index contributed by atoms with van der Waals surface area (Å²) < 4.78 is 40.8. The van der Waals surface area contributed by atoms with E-state index in [1.54, 1.807) is 4.90 Å². The molecule has 1 aromatic heterocycles. The highest BCUT2D eigenvalue weighted by molar-refractivity contribution is 5.79. The van der Waals surface area contributed by atoms with Crippen molar-refractivity contribution in [1.82, 2.24) is 9.88 Å². The molecule has 0 radical (unpaired) electrons. The Kier molecular flexibility index (Phi) is 9.02. The van der Waals surface area contributed by atoms with Crippen LogP contribution in [0.1, 0.15) is 58.2 Å². The lowest BCUT2D eigenvalue weighted by atomic mass is 10.0. The largest absolute Gasteiger partial charge is 0.573 e. The number of amides is 1. The van der Waals surface area contributed by atoms with Gasteiger partial charge in [0.25, 0.3) is 0 Å². The van der Waals surface area contributed by atoms with Crippen LogP contribution in [0.3, 0.4) is 0 Å².